The number of nitrogens with zero attached hydrogens (tertiary/aromatic N) is 3. The Morgan fingerprint density at radius 1 is 1.21 bits per heavy atom. The lowest BCUT2D eigenvalue weighted by atomic mass is 9.97. The molecule has 4 rings (SSSR count). The second-order valence-corrected chi connectivity index (χ2v) is 7.48. The Labute approximate surface area is 165 Å². The van der Waals surface area contributed by atoms with Crippen molar-refractivity contribution in [3.05, 3.63) is 42.2 Å². The average molecular weight is 380 g/mol. The minimum absolute atomic E-state index is 0.587. The van der Waals surface area contributed by atoms with Gasteiger partial charge in [0.2, 0.25) is 5.88 Å². The number of aromatic nitrogens is 3. The zero-order chi connectivity index (χ0) is 19.3. The number of pyridine rings is 2. The van der Waals surface area contributed by atoms with Gasteiger partial charge in [-0.2, -0.15) is 4.98 Å². The standard InChI is InChI=1S/C21H28N6O/c1-27-9-6-15(7-10-27)12-24-19-4-3-16(14-25-19)13-23-18-11-20(28-2)26-21-17(18)5-8-22-21/h3-5,8,11,14-15H,6-7,9-10,12-13H2,1-2H3,(H,24,25)(H2,22,23,26). The van der Waals surface area contributed by atoms with Gasteiger partial charge in [-0.3, -0.25) is 0 Å². The third kappa shape index (κ3) is 4.36. The summed E-state index contributed by atoms with van der Waals surface area (Å²) in [5.41, 5.74) is 2.94. The minimum Gasteiger partial charge on any atom is -0.481 e. The molecule has 1 aliphatic heterocycles. The highest BCUT2D eigenvalue weighted by Crippen LogP contribution is 2.26. The van der Waals surface area contributed by atoms with Crippen molar-refractivity contribution >= 4 is 22.5 Å². The second-order valence-electron chi connectivity index (χ2n) is 7.48. The van der Waals surface area contributed by atoms with Crippen LogP contribution in [-0.4, -0.2) is 53.6 Å². The van der Waals surface area contributed by atoms with E-state index >= 15 is 0 Å². The first kappa shape index (κ1) is 18.6. The summed E-state index contributed by atoms with van der Waals surface area (Å²) in [5, 5.41) is 8.00. The molecule has 0 unspecified atom stereocenters. The Hall–Kier alpha value is -2.80. The lowest BCUT2D eigenvalue weighted by Crippen LogP contribution is -2.33. The number of aromatic amines is 1. The molecule has 7 heteroatoms. The molecule has 0 atom stereocenters. The molecule has 0 saturated carbocycles. The first-order chi connectivity index (χ1) is 13.7. The number of ether oxygens (including phenoxy) is 1. The second kappa shape index (κ2) is 8.48. The highest BCUT2D eigenvalue weighted by Gasteiger charge is 2.16. The molecule has 0 spiro atoms. The Balaban J connectivity index is 1.33. The van der Waals surface area contributed by atoms with E-state index in [-0.39, 0.29) is 0 Å². The third-order valence-corrected chi connectivity index (χ3v) is 5.43. The number of likely N-dealkylation sites (tertiary alicyclic amines) is 1. The Morgan fingerprint density at radius 3 is 2.82 bits per heavy atom. The molecule has 3 aromatic heterocycles. The summed E-state index contributed by atoms with van der Waals surface area (Å²) in [5.74, 6) is 2.27. The van der Waals surface area contributed by atoms with Crippen molar-refractivity contribution in [1.82, 2.24) is 19.9 Å². The molecule has 4 heterocycles. The monoisotopic (exact) mass is 380 g/mol. The van der Waals surface area contributed by atoms with Gasteiger partial charge in [0.05, 0.1) is 12.8 Å². The van der Waals surface area contributed by atoms with Crippen LogP contribution in [0, 0.1) is 5.92 Å². The molecule has 7 nitrogen and oxygen atoms in total. The van der Waals surface area contributed by atoms with Gasteiger partial charge in [-0.1, -0.05) is 6.07 Å². The first-order valence-corrected chi connectivity index (χ1v) is 9.84. The van der Waals surface area contributed by atoms with E-state index in [4.69, 9.17) is 4.74 Å². The molecular formula is C21H28N6O. The van der Waals surface area contributed by atoms with Crippen LogP contribution in [0.2, 0.25) is 0 Å². The number of anilines is 2. The van der Waals surface area contributed by atoms with Gasteiger partial charge in [0.25, 0.3) is 0 Å². The van der Waals surface area contributed by atoms with Gasteiger partial charge in [0, 0.05) is 36.9 Å². The minimum atomic E-state index is 0.587. The quantitative estimate of drug-likeness (QED) is 0.584. The van der Waals surface area contributed by atoms with Crippen molar-refractivity contribution < 1.29 is 4.74 Å². The average Bonchev–Trinajstić information content (AvgIpc) is 3.21. The van der Waals surface area contributed by atoms with Gasteiger partial charge in [-0.25, -0.2) is 4.98 Å². The number of methoxy groups -OCH3 is 1. The van der Waals surface area contributed by atoms with Crippen LogP contribution in [-0.2, 0) is 6.54 Å². The SMILES string of the molecule is COc1cc(NCc2ccc(NCC3CCN(C)CC3)nc2)c2cc[nH]c2n1. The number of fused-ring (bicyclic) bond motifs is 1. The van der Waals surface area contributed by atoms with E-state index < -0.39 is 0 Å². The summed E-state index contributed by atoms with van der Waals surface area (Å²) in [6.45, 7) is 4.08. The van der Waals surface area contributed by atoms with Gasteiger partial charge in [-0.15, -0.1) is 0 Å². The van der Waals surface area contributed by atoms with E-state index in [1.807, 2.05) is 24.5 Å². The topological polar surface area (TPSA) is 78.1 Å². The fourth-order valence-electron chi connectivity index (χ4n) is 3.61. The summed E-state index contributed by atoms with van der Waals surface area (Å²) in [6.07, 6.45) is 6.33. The van der Waals surface area contributed by atoms with Gasteiger partial charge >= 0.3 is 0 Å². The first-order valence-electron chi connectivity index (χ1n) is 9.84. The summed E-state index contributed by atoms with van der Waals surface area (Å²) >= 11 is 0. The molecule has 0 aliphatic carbocycles. The maximum Gasteiger partial charge on any atom is 0.217 e. The van der Waals surface area contributed by atoms with Crippen LogP contribution in [0.3, 0.4) is 0 Å². The van der Waals surface area contributed by atoms with E-state index in [0.29, 0.717) is 12.4 Å². The van der Waals surface area contributed by atoms with Crippen molar-refractivity contribution in [2.24, 2.45) is 5.92 Å². The van der Waals surface area contributed by atoms with Crippen molar-refractivity contribution in [3.63, 3.8) is 0 Å². The van der Waals surface area contributed by atoms with Crippen LogP contribution < -0.4 is 15.4 Å². The van der Waals surface area contributed by atoms with Crippen LogP contribution in [0.4, 0.5) is 11.5 Å². The molecule has 3 N–H and O–H groups in total. The summed E-state index contributed by atoms with van der Waals surface area (Å²) in [6, 6.07) is 8.11. The normalized spacial score (nSPS) is 15.6. The fraction of sp³-hybridized carbons (Fsp3) is 0.429. The summed E-state index contributed by atoms with van der Waals surface area (Å²) in [7, 11) is 3.82. The lowest BCUT2D eigenvalue weighted by Gasteiger charge is -2.29. The molecule has 148 valence electrons. The highest BCUT2D eigenvalue weighted by molar-refractivity contribution is 5.90. The third-order valence-electron chi connectivity index (χ3n) is 5.43. The molecule has 1 saturated heterocycles. The number of hydrogen-bond donors (Lipinski definition) is 3. The van der Waals surface area contributed by atoms with Crippen LogP contribution in [0.5, 0.6) is 5.88 Å². The Morgan fingerprint density at radius 2 is 2.07 bits per heavy atom. The number of nitrogens with one attached hydrogen (secondary N) is 3. The Kier molecular flexibility index (Phi) is 5.62. The molecule has 3 aromatic rings. The number of H-pyrrole nitrogens is 1. The molecule has 0 amide bonds. The molecule has 0 bridgehead atoms. The largest absolute Gasteiger partial charge is 0.481 e. The predicted molar refractivity (Wildman–Crippen MR) is 113 cm³/mol. The molecule has 0 aromatic carbocycles. The van der Waals surface area contributed by atoms with Crippen LogP contribution >= 0.6 is 0 Å². The molecule has 28 heavy (non-hydrogen) atoms. The van der Waals surface area contributed by atoms with Crippen molar-refractivity contribution in [1.29, 1.82) is 0 Å². The number of piperidine rings is 1. The predicted octanol–water partition coefficient (Wildman–Crippen LogP) is 3.33. The van der Waals surface area contributed by atoms with Crippen molar-refractivity contribution in [2.45, 2.75) is 19.4 Å². The van der Waals surface area contributed by atoms with Gasteiger partial charge < -0.3 is 25.3 Å². The number of hydrogen-bond acceptors (Lipinski definition) is 6. The molecule has 1 aliphatic rings. The van der Waals surface area contributed by atoms with E-state index in [1.165, 1.54) is 25.9 Å². The molecule has 1 fully saturated rings. The maximum absolute atomic E-state index is 5.29. The lowest BCUT2D eigenvalue weighted by molar-refractivity contribution is 0.226. The van der Waals surface area contributed by atoms with E-state index in [9.17, 15) is 0 Å². The maximum atomic E-state index is 5.29. The van der Waals surface area contributed by atoms with Crippen LogP contribution in [0.15, 0.2) is 36.7 Å². The van der Waals surface area contributed by atoms with E-state index in [2.05, 4.69) is 49.7 Å². The smallest absolute Gasteiger partial charge is 0.217 e. The summed E-state index contributed by atoms with van der Waals surface area (Å²) in [4.78, 5) is 14.5. The van der Waals surface area contributed by atoms with E-state index in [0.717, 1.165) is 40.6 Å². The van der Waals surface area contributed by atoms with Gasteiger partial charge in [-0.05, 0) is 56.6 Å². The zero-order valence-electron chi connectivity index (χ0n) is 16.5. The number of rotatable bonds is 7. The summed E-state index contributed by atoms with van der Waals surface area (Å²) < 4.78 is 5.29. The Bertz CT molecular complexity index is 899. The molecular weight excluding hydrogens is 352 g/mol. The van der Waals surface area contributed by atoms with Gasteiger partial charge in [0.1, 0.15) is 11.5 Å². The van der Waals surface area contributed by atoms with Crippen molar-refractivity contribution in [2.75, 3.05) is 44.4 Å². The van der Waals surface area contributed by atoms with Crippen LogP contribution in [0.1, 0.15) is 18.4 Å². The highest BCUT2D eigenvalue weighted by atomic mass is 16.5. The zero-order valence-corrected chi connectivity index (χ0v) is 16.5. The van der Waals surface area contributed by atoms with Crippen LogP contribution in [0.25, 0.3) is 11.0 Å². The molecule has 0 radical (unpaired) electrons. The van der Waals surface area contributed by atoms with Gasteiger partial charge in [0.15, 0.2) is 0 Å². The fourth-order valence-corrected chi connectivity index (χ4v) is 3.61. The van der Waals surface area contributed by atoms with E-state index in [1.54, 1.807) is 7.11 Å². The van der Waals surface area contributed by atoms with Crippen molar-refractivity contribution in [3.8, 4) is 5.88 Å².